The second-order valence-electron chi connectivity index (χ2n) is 4.69. The van der Waals surface area contributed by atoms with Crippen molar-refractivity contribution in [3.05, 3.63) is 58.1 Å². The molecule has 0 radical (unpaired) electrons. The summed E-state index contributed by atoms with van der Waals surface area (Å²) in [5.74, 6) is 0.864. The molecular weight excluding hydrogens is 293 g/mol. The van der Waals surface area contributed by atoms with Gasteiger partial charge in [0, 0.05) is 6.04 Å². The molecule has 0 aliphatic rings. The van der Waals surface area contributed by atoms with Crippen LogP contribution in [0.15, 0.2) is 42.5 Å². The molecule has 0 saturated heterocycles. The Morgan fingerprint density at radius 2 is 1.65 bits per heavy atom. The number of methoxy groups -OCH3 is 1. The fourth-order valence-corrected chi connectivity index (χ4v) is 2.55. The lowest BCUT2D eigenvalue weighted by Crippen LogP contribution is -2.18. The van der Waals surface area contributed by atoms with E-state index in [0.717, 1.165) is 17.9 Å². The van der Waals surface area contributed by atoms with Crippen molar-refractivity contribution in [1.29, 1.82) is 0 Å². The number of anilines is 1. The number of benzene rings is 2. The van der Waals surface area contributed by atoms with Crippen LogP contribution in [0.1, 0.15) is 12.5 Å². The minimum Gasteiger partial charge on any atom is -0.497 e. The smallest absolute Gasteiger partial charge is 0.118 e. The Morgan fingerprint density at radius 3 is 2.20 bits per heavy atom. The molecule has 0 amide bonds. The van der Waals surface area contributed by atoms with Crippen molar-refractivity contribution in [2.24, 2.45) is 0 Å². The first kappa shape index (κ1) is 15.0. The maximum atomic E-state index is 6.15. The molecule has 1 unspecified atom stereocenters. The SMILES string of the molecule is COc1ccc(CC(C)Nc2c(Cl)cccc2Cl)cc1. The highest BCUT2D eigenvalue weighted by Gasteiger charge is 2.09. The van der Waals surface area contributed by atoms with Crippen LogP contribution in [0, 0.1) is 0 Å². The minimum atomic E-state index is 0.223. The lowest BCUT2D eigenvalue weighted by molar-refractivity contribution is 0.414. The van der Waals surface area contributed by atoms with Gasteiger partial charge < -0.3 is 10.1 Å². The normalized spacial score (nSPS) is 12.0. The molecule has 0 fully saturated rings. The number of ether oxygens (including phenoxy) is 1. The molecule has 0 saturated carbocycles. The van der Waals surface area contributed by atoms with Gasteiger partial charge in [0.1, 0.15) is 5.75 Å². The van der Waals surface area contributed by atoms with Crippen molar-refractivity contribution >= 4 is 28.9 Å². The number of nitrogens with one attached hydrogen (secondary N) is 1. The summed E-state index contributed by atoms with van der Waals surface area (Å²) in [6.45, 7) is 2.10. The molecule has 2 aromatic rings. The molecule has 2 rings (SSSR count). The Hall–Kier alpha value is -1.38. The third kappa shape index (κ3) is 3.81. The topological polar surface area (TPSA) is 21.3 Å². The van der Waals surface area contributed by atoms with Gasteiger partial charge in [0.15, 0.2) is 0 Å². The average molecular weight is 310 g/mol. The summed E-state index contributed by atoms with van der Waals surface area (Å²) in [7, 11) is 1.67. The predicted molar refractivity (Wildman–Crippen MR) is 86.2 cm³/mol. The average Bonchev–Trinajstić information content (AvgIpc) is 2.44. The van der Waals surface area contributed by atoms with E-state index < -0.39 is 0 Å². The van der Waals surface area contributed by atoms with Crippen molar-refractivity contribution in [3.8, 4) is 5.75 Å². The third-order valence-electron chi connectivity index (χ3n) is 3.05. The Balaban J connectivity index is 2.03. The van der Waals surface area contributed by atoms with Gasteiger partial charge in [-0.3, -0.25) is 0 Å². The summed E-state index contributed by atoms with van der Waals surface area (Å²) in [6.07, 6.45) is 0.881. The van der Waals surface area contributed by atoms with Crippen molar-refractivity contribution < 1.29 is 4.74 Å². The summed E-state index contributed by atoms with van der Waals surface area (Å²) in [5, 5.41) is 4.64. The van der Waals surface area contributed by atoms with Crippen molar-refractivity contribution in [2.45, 2.75) is 19.4 Å². The van der Waals surface area contributed by atoms with E-state index in [2.05, 4.69) is 24.4 Å². The van der Waals surface area contributed by atoms with Gasteiger partial charge in [-0.1, -0.05) is 41.4 Å². The summed E-state index contributed by atoms with van der Waals surface area (Å²) in [5.41, 5.74) is 2.02. The maximum absolute atomic E-state index is 6.15. The summed E-state index contributed by atoms with van der Waals surface area (Å²) in [4.78, 5) is 0. The van der Waals surface area contributed by atoms with E-state index >= 15 is 0 Å². The van der Waals surface area contributed by atoms with Crippen molar-refractivity contribution in [3.63, 3.8) is 0 Å². The third-order valence-corrected chi connectivity index (χ3v) is 3.68. The molecule has 0 heterocycles. The number of halogens is 2. The molecule has 106 valence electrons. The first-order valence-electron chi connectivity index (χ1n) is 6.43. The standard InChI is InChI=1S/C16H17Cl2NO/c1-11(10-12-6-8-13(20-2)9-7-12)19-16-14(17)4-3-5-15(16)18/h3-9,11,19H,10H2,1-2H3. The Bertz CT molecular complexity index is 549. The van der Waals surface area contributed by atoms with Gasteiger partial charge in [-0.25, -0.2) is 0 Å². The maximum Gasteiger partial charge on any atom is 0.118 e. The Morgan fingerprint density at radius 1 is 1.05 bits per heavy atom. The van der Waals surface area contributed by atoms with E-state index in [-0.39, 0.29) is 6.04 Å². The van der Waals surface area contributed by atoms with Gasteiger partial charge in [0.2, 0.25) is 0 Å². The number of hydrogen-bond acceptors (Lipinski definition) is 2. The van der Waals surface area contributed by atoms with Crippen LogP contribution in [-0.4, -0.2) is 13.2 Å². The molecular formula is C16H17Cl2NO. The van der Waals surface area contributed by atoms with Crippen LogP contribution in [0.25, 0.3) is 0 Å². The predicted octanol–water partition coefficient (Wildman–Crippen LogP) is 5.05. The lowest BCUT2D eigenvalue weighted by Gasteiger charge is -2.17. The molecule has 2 nitrogen and oxygen atoms in total. The molecule has 1 atom stereocenters. The molecule has 2 aromatic carbocycles. The van der Waals surface area contributed by atoms with Gasteiger partial charge in [0.25, 0.3) is 0 Å². The van der Waals surface area contributed by atoms with Crippen LogP contribution < -0.4 is 10.1 Å². The summed E-state index contributed by atoms with van der Waals surface area (Å²) in [6, 6.07) is 13.8. The Labute approximate surface area is 129 Å². The lowest BCUT2D eigenvalue weighted by atomic mass is 10.1. The number of hydrogen-bond donors (Lipinski definition) is 1. The van der Waals surface area contributed by atoms with Gasteiger partial charge in [-0.05, 0) is 43.2 Å². The Kier molecular flexibility index (Phi) is 5.16. The van der Waals surface area contributed by atoms with Crippen LogP contribution in [0.2, 0.25) is 10.0 Å². The summed E-state index contributed by atoms with van der Waals surface area (Å²) >= 11 is 12.3. The van der Waals surface area contributed by atoms with Crippen LogP contribution in [0.5, 0.6) is 5.75 Å². The van der Waals surface area contributed by atoms with E-state index in [1.54, 1.807) is 7.11 Å². The number of rotatable bonds is 5. The van der Waals surface area contributed by atoms with Gasteiger partial charge in [-0.15, -0.1) is 0 Å². The first-order chi connectivity index (χ1) is 9.60. The van der Waals surface area contributed by atoms with E-state index in [9.17, 15) is 0 Å². The zero-order valence-electron chi connectivity index (χ0n) is 11.5. The summed E-state index contributed by atoms with van der Waals surface area (Å²) < 4.78 is 5.15. The fourth-order valence-electron chi connectivity index (χ4n) is 2.05. The van der Waals surface area contributed by atoms with Crippen molar-refractivity contribution in [2.75, 3.05) is 12.4 Å². The van der Waals surface area contributed by atoms with Crippen LogP contribution in [0.4, 0.5) is 5.69 Å². The molecule has 0 bridgehead atoms. The van der Waals surface area contributed by atoms with Crippen LogP contribution in [0.3, 0.4) is 0 Å². The van der Waals surface area contributed by atoms with Crippen LogP contribution in [-0.2, 0) is 6.42 Å². The first-order valence-corrected chi connectivity index (χ1v) is 7.19. The van der Waals surface area contributed by atoms with Gasteiger partial charge in [-0.2, -0.15) is 0 Å². The molecule has 20 heavy (non-hydrogen) atoms. The zero-order chi connectivity index (χ0) is 14.5. The monoisotopic (exact) mass is 309 g/mol. The van der Waals surface area contributed by atoms with Gasteiger partial charge in [0.05, 0.1) is 22.8 Å². The minimum absolute atomic E-state index is 0.223. The highest BCUT2D eigenvalue weighted by atomic mass is 35.5. The highest BCUT2D eigenvalue weighted by Crippen LogP contribution is 2.30. The van der Waals surface area contributed by atoms with E-state index in [1.807, 2.05) is 30.3 Å². The quantitative estimate of drug-likeness (QED) is 0.835. The molecule has 4 heteroatoms. The molecule has 0 aliphatic heterocycles. The molecule has 1 N–H and O–H groups in total. The van der Waals surface area contributed by atoms with E-state index in [4.69, 9.17) is 27.9 Å². The molecule has 0 aromatic heterocycles. The van der Waals surface area contributed by atoms with Crippen molar-refractivity contribution in [1.82, 2.24) is 0 Å². The second-order valence-corrected chi connectivity index (χ2v) is 5.51. The van der Waals surface area contributed by atoms with Crippen LogP contribution >= 0.6 is 23.2 Å². The zero-order valence-corrected chi connectivity index (χ0v) is 13.0. The van der Waals surface area contributed by atoms with E-state index in [1.165, 1.54) is 5.56 Å². The fraction of sp³-hybridized carbons (Fsp3) is 0.250. The van der Waals surface area contributed by atoms with E-state index in [0.29, 0.717) is 10.0 Å². The molecule has 0 spiro atoms. The van der Waals surface area contributed by atoms with Gasteiger partial charge >= 0.3 is 0 Å². The second kappa shape index (κ2) is 6.87. The highest BCUT2D eigenvalue weighted by molar-refractivity contribution is 6.39. The number of para-hydroxylation sites is 1. The molecule has 0 aliphatic carbocycles. The largest absolute Gasteiger partial charge is 0.497 e.